The summed E-state index contributed by atoms with van der Waals surface area (Å²) in [5.74, 6) is 0. The van der Waals surface area contributed by atoms with Crippen LogP contribution in [-0.2, 0) is 4.57 Å². The van der Waals surface area contributed by atoms with Crippen LogP contribution in [0, 0.1) is 0 Å². The van der Waals surface area contributed by atoms with Crippen LogP contribution in [0.3, 0.4) is 0 Å². The van der Waals surface area contributed by atoms with Crippen molar-refractivity contribution in [3.05, 3.63) is 0 Å². The van der Waals surface area contributed by atoms with Crippen molar-refractivity contribution < 1.29 is 69.1 Å². The number of hydrogen-bond acceptors (Lipinski definition) is 11. The van der Waals surface area contributed by atoms with Crippen molar-refractivity contribution in [3.63, 3.8) is 0 Å². The van der Waals surface area contributed by atoms with Gasteiger partial charge in [0.05, 0.1) is 7.82 Å². The molecule has 0 aliphatic rings. The molecular formula is C8H25N2O12P. The van der Waals surface area contributed by atoms with Gasteiger partial charge in [-0.3, -0.25) is 0 Å². The van der Waals surface area contributed by atoms with Gasteiger partial charge in [0.2, 0.25) is 0 Å². The van der Waals surface area contributed by atoms with Gasteiger partial charge in [0.15, 0.2) is 53.8 Å². The number of phosphoric acid groups is 1. The summed E-state index contributed by atoms with van der Waals surface area (Å²) < 4.78 is 7.66. The Morgan fingerprint density at radius 3 is 0.652 bits per heavy atom. The Bertz CT molecular complexity index is 242. The van der Waals surface area contributed by atoms with Gasteiger partial charge >= 0.3 is 0 Å². The van der Waals surface area contributed by atoms with Gasteiger partial charge in [0, 0.05) is 0 Å². The van der Waals surface area contributed by atoms with Crippen molar-refractivity contribution in [2.45, 2.75) is 0 Å². The third-order valence-corrected chi connectivity index (χ3v) is 2.40. The van der Waals surface area contributed by atoms with E-state index < -0.39 is 70.6 Å². The van der Waals surface area contributed by atoms with Crippen LogP contribution in [-0.4, -0.2) is 109 Å². The summed E-state index contributed by atoms with van der Waals surface area (Å²) in [6.07, 6.45) is 0. The molecular weight excluding hydrogens is 347 g/mol. The molecule has 23 heavy (non-hydrogen) atoms. The average Bonchev–Trinajstić information content (AvgIpc) is 2.52. The molecule has 0 aromatic rings. The molecule has 0 saturated carbocycles. The normalized spacial score (nSPS) is 12.0. The Labute approximate surface area is 132 Å². The molecule has 0 aromatic heterocycles. The van der Waals surface area contributed by atoms with Gasteiger partial charge in [-0.2, -0.15) is 0 Å². The van der Waals surface area contributed by atoms with Crippen LogP contribution in [0.15, 0.2) is 0 Å². The highest BCUT2D eigenvalue weighted by molar-refractivity contribution is 7.42. The fourth-order valence-electron chi connectivity index (χ4n) is 0.537. The second-order valence-corrected chi connectivity index (χ2v) is 5.22. The molecule has 0 bridgehead atoms. The molecule has 0 aliphatic heterocycles. The Kier molecular flexibility index (Phi) is 16.9. The lowest BCUT2D eigenvalue weighted by Gasteiger charge is -2.28. The zero-order valence-corrected chi connectivity index (χ0v) is 13.1. The highest BCUT2D eigenvalue weighted by Gasteiger charge is 2.22. The van der Waals surface area contributed by atoms with E-state index in [0.717, 1.165) is 0 Å². The summed E-state index contributed by atoms with van der Waals surface area (Å²) in [6, 6.07) is 0. The average molecular weight is 372 g/mol. The highest BCUT2D eigenvalue weighted by Crippen LogP contribution is 2.11. The molecule has 144 valence electrons. The highest BCUT2D eigenvalue weighted by atomic mass is 31.2. The number of rotatable bonds is 8. The van der Waals surface area contributed by atoms with Crippen LogP contribution in [0.4, 0.5) is 0 Å². The van der Waals surface area contributed by atoms with Crippen molar-refractivity contribution in [2.24, 2.45) is 0 Å². The largest absolute Gasteiger partial charge is 0.790 e. The molecule has 9 N–H and O–H groups in total. The van der Waals surface area contributed by atoms with Crippen LogP contribution in [0.2, 0.25) is 0 Å². The van der Waals surface area contributed by atoms with Crippen molar-refractivity contribution in [1.29, 1.82) is 0 Å². The van der Waals surface area contributed by atoms with Gasteiger partial charge in [-0.15, -0.1) is 0 Å². The molecule has 0 fully saturated rings. The molecule has 0 unspecified atom stereocenters. The fraction of sp³-hybridized carbons (Fsp3) is 1.00. The van der Waals surface area contributed by atoms with E-state index in [1.54, 1.807) is 0 Å². The minimum absolute atomic E-state index is 0.469. The molecule has 0 spiro atoms. The Morgan fingerprint density at radius 1 is 0.565 bits per heavy atom. The number of hydrogen-bond donors (Lipinski definition) is 9. The lowest BCUT2D eigenvalue weighted by Crippen LogP contribution is -2.50. The second kappa shape index (κ2) is 14.1. The van der Waals surface area contributed by atoms with Gasteiger partial charge in [0.25, 0.3) is 0 Å². The smallest absolute Gasteiger partial charge is 0.185 e. The predicted octanol–water partition coefficient (Wildman–Crippen LogP) is -6.99. The number of aliphatic hydroxyl groups is 8. The van der Waals surface area contributed by atoms with Crippen LogP contribution in [0.1, 0.15) is 0 Å². The third kappa shape index (κ3) is 15.0. The molecule has 0 atom stereocenters. The van der Waals surface area contributed by atoms with Crippen LogP contribution >= 0.6 is 7.82 Å². The van der Waals surface area contributed by atoms with E-state index in [4.69, 9.17) is 60.1 Å². The molecule has 0 aliphatic carbocycles. The molecule has 15 heteroatoms. The van der Waals surface area contributed by atoms with Gasteiger partial charge < -0.3 is 60.1 Å². The Hall–Kier alpha value is -0.290. The van der Waals surface area contributed by atoms with Crippen molar-refractivity contribution in [2.75, 3.05) is 53.8 Å². The predicted molar refractivity (Wildman–Crippen MR) is 67.0 cm³/mol. The van der Waals surface area contributed by atoms with Gasteiger partial charge in [-0.25, -0.2) is 8.97 Å². The fourth-order valence-corrected chi connectivity index (χ4v) is 0.537. The lowest BCUT2D eigenvalue weighted by molar-refractivity contribution is -0.991. The first-order valence-corrected chi connectivity index (χ1v) is 7.30. The van der Waals surface area contributed by atoms with Gasteiger partial charge in [-0.1, -0.05) is 0 Å². The molecule has 0 saturated heterocycles. The first-order chi connectivity index (χ1) is 10.5. The summed E-state index contributed by atoms with van der Waals surface area (Å²) in [6.45, 7) is -3.75. The standard InChI is InChI=1S/2C4H12NO4.H3O4P/c2*6-1-5(2-7,3-8)4-9;1-5(2,3)4/h2*6-9H,1-4H2;(H3,1,2,3,4)/q2*+1;/p-2. The van der Waals surface area contributed by atoms with E-state index in [2.05, 4.69) is 0 Å². The number of quaternary nitrogens is 2. The third-order valence-electron chi connectivity index (χ3n) is 2.40. The maximum atomic E-state index is 8.66. The summed E-state index contributed by atoms with van der Waals surface area (Å²) in [5, 5.41) is 67.8. The lowest BCUT2D eigenvalue weighted by atomic mass is 10.6. The second-order valence-electron chi connectivity index (χ2n) is 4.28. The summed E-state index contributed by atoms with van der Waals surface area (Å²) in [7, 11) is -5.14. The SMILES string of the molecule is O=P([O-])([O-])O.OC[N+](CO)(CO)CO.OC[N+](CO)(CO)CO. The van der Waals surface area contributed by atoms with E-state index in [1.807, 2.05) is 0 Å². The minimum Gasteiger partial charge on any atom is -0.790 e. The van der Waals surface area contributed by atoms with Gasteiger partial charge in [-0.05, 0) is 0 Å². The van der Waals surface area contributed by atoms with Crippen molar-refractivity contribution >= 4 is 7.82 Å². The van der Waals surface area contributed by atoms with Crippen molar-refractivity contribution in [3.8, 4) is 0 Å². The molecule has 0 aromatic carbocycles. The van der Waals surface area contributed by atoms with Crippen LogP contribution in [0.5, 0.6) is 0 Å². The summed E-state index contributed by atoms with van der Waals surface area (Å²) in [5.41, 5.74) is 0. The molecule has 0 radical (unpaired) electrons. The Balaban J connectivity index is -0.000000273. The Morgan fingerprint density at radius 2 is 0.652 bits per heavy atom. The van der Waals surface area contributed by atoms with Gasteiger partial charge in [0.1, 0.15) is 0 Å². The van der Waals surface area contributed by atoms with E-state index >= 15 is 0 Å². The molecule has 14 nitrogen and oxygen atoms in total. The van der Waals surface area contributed by atoms with E-state index in [9.17, 15) is 0 Å². The maximum absolute atomic E-state index is 8.66. The van der Waals surface area contributed by atoms with E-state index in [0.29, 0.717) is 0 Å². The quantitative estimate of drug-likeness (QED) is 0.110. The number of nitrogens with zero attached hydrogens (tertiary/aromatic N) is 2. The minimum atomic E-state index is -5.14. The van der Waals surface area contributed by atoms with E-state index in [-0.39, 0.29) is 0 Å². The molecule has 0 amide bonds. The van der Waals surface area contributed by atoms with E-state index in [1.165, 1.54) is 0 Å². The van der Waals surface area contributed by atoms with Crippen molar-refractivity contribution in [1.82, 2.24) is 0 Å². The monoisotopic (exact) mass is 372 g/mol. The topological polar surface area (TPSA) is 245 Å². The zero-order chi connectivity index (χ0) is 19.2. The summed E-state index contributed by atoms with van der Waals surface area (Å²) >= 11 is 0. The number of aliphatic hydroxyl groups excluding tert-OH is 8. The first kappa shape index (κ1) is 27.6. The zero-order valence-electron chi connectivity index (χ0n) is 12.2. The van der Waals surface area contributed by atoms with Crippen LogP contribution < -0.4 is 9.79 Å². The van der Waals surface area contributed by atoms with Crippen LogP contribution in [0.25, 0.3) is 0 Å². The maximum Gasteiger partial charge on any atom is 0.185 e. The molecule has 0 rings (SSSR count). The first-order valence-electron chi connectivity index (χ1n) is 5.81. The molecule has 0 heterocycles. The summed E-state index contributed by atoms with van der Waals surface area (Å²) in [4.78, 5) is 24.3.